The van der Waals surface area contributed by atoms with Gasteiger partial charge in [0.05, 0.1) is 0 Å². The van der Waals surface area contributed by atoms with Crippen LogP contribution in [-0.4, -0.2) is 56.2 Å². The van der Waals surface area contributed by atoms with Crippen molar-refractivity contribution in [2.75, 3.05) is 39.4 Å². The van der Waals surface area contributed by atoms with Crippen molar-refractivity contribution in [1.29, 1.82) is 0 Å². The minimum atomic E-state index is 0.134. The molecule has 7 heteroatoms. The second-order valence-electron chi connectivity index (χ2n) is 4.17. The van der Waals surface area contributed by atoms with Gasteiger partial charge < -0.3 is 15.0 Å². The molecular weight excluding hydrogens is 258 g/mol. The van der Waals surface area contributed by atoms with Crippen LogP contribution < -0.4 is 16.6 Å². The van der Waals surface area contributed by atoms with Gasteiger partial charge in [0, 0.05) is 45.8 Å². The van der Waals surface area contributed by atoms with Crippen molar-refractivity contribution in [3.63, 3.8) is 0 Å². The Morgan fingerprint density at radius 2 is 2.00 bits per heavy atom. The molecule has 0 rings (SSSR count). The normalized spacial score (nSPS) is 11.3. The molecule has 1 amide bonds. The molecule has 0 saturated carbocycles. The average molecular weight is 287 g/mol. The predicted molar refractivity (Wildman–Crippen MR) is 81.3 cm³/mol. The largest absolute Gasteiger partial charge is 0.382 e. The molecule has 0 aliphatic rings. The number of guanidine groups is 1. The standard InChI is InChI=1S/C13H29N5O2/c1-4-18(5-2)12(19)8-10-16-13(17-14)15-9-7-11-20-6-3/h4-11,14H2,1-3H3,(H2,15,16,17). The van der Waals surface area contributed by atoms with Crippen molar-refractivity contribution in [1.82, 2.24) is 15.6 Å². The number of amides is 1. The third-order valence-corrected chi connectivity index (χ3v) is 2.81. The van der Waals surface area contributed by atoms with Gasteiger partial charge >= 0.3 is 0 Å². The molecule has 4 N–H and O–H groups in total. The molecule has 0 aliphatic carbocycles. The van der Waals surface area contributed by atoms with Crippen molar-refractivity contribution in [3.05, 3.63) is 0 Å². The topological polar surface area (TPSA) is 92.0 Å². The lowest BCUT2D eigenvalue weighted by Crippen LogP contribution is -2.43. The lowest BCUT2D eigenvalue weighted by molar-refractivity contribution is -0.130. The van der Waals surface area contributed by atoms with Crippen molar-refractivity contribution >= 4 is 11.9 Å². The fraction of sp³-hybridized carbons (Fsp3) is 0.846. The number of rotatable bonds is 10. The summed E-state index contributed by atoms with van der Waals surface area (Å²) in [5.41, 5.74) is 2.50. The molecule has 0 spiro atoms. The van der Waals surface area contributed by atoms with E-state index in [1.807, 2.05) is 20.8 Å². The number of hydrogen-bond acceptors (Lipinski definition) is 4. The average Bonchev–Trinajstić information content (AvgIpc) is 2.46. The number of nitrogens with one attached hydrogen (secondary N) is 2. The zero-order valence-electron chi connectivity index (χ0n) is 12.9. The highest BCUT2D eigenvalue weighted by atomic mass is 16.5. The Morgan fingerprint density at radius 1 is 1.30 bits per heavy atom. The van der Waals surface area contributed by atoms with Gasteiger partial charge in [0.25, 0.3) is 0 Å². The van der Waals surface area contributed by atoms with Crippen LogP contribution in [0.2, 0.25) is 0 Å². The van der Waals surface area contributed by atoms with Gasteiger partial charge in [-0.15, -0.1) is 0 Å². The molecule has 7 nitrogen and oxygen atoms in total. The van der Waals surface area contributed by atoms with Gasteiger partial charge in [-0.25, -0.2) is 5.84 Å². The van der Waals surface area contributed by atoms with Crippen LogP contribution in [0, 0.1) is 0 Å². The summed E-state index contributed by atoms with van der Waals surface area (Å²) in [4.78, 5) is 17.8. The number of nitrogens with two attached hydrogens (primary N) is 1. The van der Waals surface area contributed by atoms with Crippen LogP contribution in [0.3, 0.4) is 0 Å². The van der Waals surface area contributed by atoms with E-state index < -0.39 is 0 Å². The molecule has 0 radical (unpaired) electrons. The predicted octanol–water partition coefficient (Wildman–Crippen LogP) is 0.0804. The van der Waals surface area contributed by atoms with E-state index in [-0.39, 0.29) is 5.91 Å². The summed E-state index contributed by atoms with van der Waals surface area (Å²) in [5, 5.41) is 3.02. The first-order valence-corrected chi connectivity index (χ1v) is 7.29. The number of carbonyl (C=O) groups is 1. The molecular formula is C13H29N5O2. The van der Waals surface area contributed by atoms with E-state index in [1.165, 1.54) is 0 Å². The van der Waals surface area contributed by atoms with Gasteiger partial charge in [0.15, 0.2) is 0 Å². The maximum absolute atomic E-state index is 11.8. The van der Waals surface area contributed by atoms with Crippen molar-refractivity contribution in [2.45, 2.75) is 33.6 Å². The molecule has 0 aliphatic heterocycles. The van der Waals surface area contributed by atoms with Crippen molar-refractivity contribution in [3.8, 4) is 0 Å². The van der Waals surface area contributed by atoms with Crippen molar-refractivity contribution in [2.24, 2.45) is 10.8 Å². The van der Waals surface area contributed by atoms with Gasteiger partial charge in [0.1, 0.15) is 0 Å². The summed E-state index contributed by atoms with van der Waals surface area (Å²) in [6.45, 7) is 9.95. The molecule has 0 bridgehead atoms. The Kier molecular flexibility index (Phi) is 11.8. The summed E-state index contributed by atoms with van der Waals surface area (Å²) in [6, 6.07) is 0. The molecule has 118 valence electrons. The van der Waals surface area contributed by atoms with E-state index in [2.05, 4.69) is 15.7 Å². The molecule has 0 heterocycles. The SMILES string of the molecule is CCOCCCN=C(NN)NCCC(=O)N(CC)CC. The van der Waals surface area contributed by atoms with E-state index in [1.54, 1.807) is 4.90 Å². The summed E-state index contributed by atoms with van der Waals surface area (Å²) >= 11 is 0. The van der Waals surface area contributed by atoms with Crippen LogP contribution in [0.25, 0.3) is 0 Å². The Hall–Kier alpha value is -1.34. The summed E-state index contributed by atoms with van der Waals surface area (Å²) in [7, 11) is 0. The van der Waals surface area contributed by atoms with Gasteiger partial charge in [-0.1, -0.05) is 0 Å². The number of hydrazine groups is 1. The molecule has 0 aromatic carbocycles. The Balaban J connectivity index is 3.88. The third-order valence-electron chi connectivity index (χ3n) is 2.81. The van der Waals surface area contributed by atoms with E-state index in [0.717, 1.165) is 26.1 Å². The highest BCUT2D eigenvalue weighted by molar-refractivity contribution is 5.80. The number of aliphatic imine (C=N–C) groups is 1. The second-order valence-corrected chi connectivity index (χ2v) is 4.17. The first-order valence-electron chi connectivity index (χ1n) is 7.29. The minimum Gasteiger partial charge on any atom is -0.382 e. The Morgan fingerprint density at radius 3 is 2.55 bits per heavy atom. The first-order chi connectivity index (χ1) is 9.69. The van der Waals surface area contributed by atoms with E-state index >= 15 is 0 Å². The summed E-state index contributed by atoms with van der Waals surface area (Å²) in [5.74, 6) is 6.02. The van der Waals surface area contributed by atoms with Crippen LogP contribution >= 0.6 is 0 Å². The Bertz CT molecular complexity index is 280. The molecule has 0 fully saturated rings. The lowest BCUT2D eigenvalue weighted by atomic mass is 10.3. The van der Waals surface area contributed by atoms with Gasteiger partial charge in [-0.05, 0) is 27.2 Å². The van der Waals surface area contributed by atoms with E-state index in [4.69, 9.17) is 10.6 Å². The molecule has 0 aromatic heterocycles. The zero-order valence-corrected chi connectivity index (χ0v) is 12.9. The minimum absolute atomic E-state index is 0.134. The number of nitrogens with zero attached hydrogens (tertiary/aromatic N) is 2. The highest BCUT2D eigenvalue weighted by Crippen LogP contribution is 1.92. The number of carbonyl (C=O) groups excluding carboxylic acids is 1. The van der Waals surface area contributed by atoms with Crippen LogP contribution in [0.4, 0.5) is 0 Å². The molecule has 0 saturated heterocycles. The van der Waals surface area contributed by atoms with Gasteiger partial charge in [-0.3, -0.25) is 15.2 Å². The molecule has 0 aromatic rings. The quantitative estimate of drug-likeness (QED) is 0.174. The fourth-order valence-electron chi connectivity index (χ4n) is 1.68. The molecule has 0 unspecified atom stereocenters. The number of hydrogen-bond donors (Lipinski definition) is 3. The summed E-state index contributed by atoms with van der Waals surface area (Å²) in [6.07, 6.45) is 1.28. The van der Waals surface area contributed by atoms with Crippen LogP contribution in [0.15, 0.2) is 4.99 Å². The lowest BCUT2D eigenvalue weighted by Gasteiger charge is -2.18. The van der Waals surface area contributed by atoms with Crippen LogP contribution in [0.5, 0.6) is 0 Å². The smallest absolute Gasteiger partial charge is 0.224 e. The van der Waals surface area contributed by atoms with Crippen LogP contribution in [0.1, 0.15) is 33.6 Å². The van der Waals surface area contributed by atoms with E-state index in [9.17, 15) is 4.79 Å². The summed E-state index contributed by atoms with van der Waals surface area (Å²) < 4.78 is 5.22. The molecule has 0 atom stereocenters. The third kappa shape index (κ3) is 8.71. The fourth-order valence-corrected chi connectivity index (χ4v) is 1.68. The maximum atomic E-state index is 11.8. The second kappa shape index (κ2) is 12.7. The first kappa shape index (κ1) is 18.7. The monoisotopic (exact) mass is 287 g/mol. The maximum Gasteiger partial charge on any atom is 0.224 e. The number of ether oxygens (including phenoxy) is 1. The highest BCUT2D eigenvalue weighted by Gasteiger charge is 2.08. The molecule has 20 heavy (non-hydrogen) atoms. The van der Waals surface area contributed by atoms with Gasteiger partial charge in [0.2, 0.25) is 11.9 Å². The van der Waals surface area contributed by atoms with Crippen LogP contribution in [-0.2, 0) is 9.53 Å². The Labute approximate surface area is 121 Å². The van der Waals surface area contributed by atoms with E-state index in [0.29, 0.717) is 32.1 Å². The zero-order chi connectivity index (χ0) is 15.2. The van der Waals surface area contributed by atoms with Crippen molar-refractivity contribution < 1.29 is 9.53 Å². The van der Waals surface area contributed by atoms with Gasteiger partial charge in [-0.2, -0.15) is 0 Å².